The van der Waals surface area contributed by atoms with Crippen LogP contribution in [0.2, 0.25) is 0 Å². The van der Waals surface area contributed by atoms with Crippen molar-refractivity contribution in [3.8, 4) is 0 Å². The summed E-state index contributed by atoms with van der Waals surface area (Å²) in [7, 11) is -3.43. The summed E-state index contributed by atoms with van der Waals surface area (Å²) in [5.41, 5.74) is 1.14. The zero-order valence-electron chi connectivity index (χ0n) is 15.6. The molecule has 0 atom stereocenters. The lowest BCUT2D eigenvalue weighted by Crippen LogP contribution is -2.49. The topological polar surface area (TPSA) is 79.5 Å². The Morgan fingerprint density at radius 1 is 1.08 bits per heavy atom. The van der Waals surface area contributed by atoms with Gasteiger partial charge in [0.2, 0.25) is 21.8 Å². The molecule has 1 aromatic carbocycles. The molecule has 0 spiro atoms. The van der Waals surface area contributed by atoms with Crippen LogP contribution in [0.3, 0.4) is 0 Å². The third-order valence-corrected chi connectivity index (χ3v) is 6.64. The fourth-order valence-electron chi connectivity index (χ4n) is 3.06. The van der Waals surface area contributed by atoms with Crippen LogP contribution in [-0.4, -0.2) is 60.5 Å². The van der Waals surface area contributed by atoms with E-state index in [-0.39, 0.29) is 0 Å². The minimum atomic E-state index is -3.43. The second-order valence-electron chi connectivity index (χ2n) is 6.93. The Bertz CT molecular complexity index is 822. The van der Waals surface area contributed by atoms with Gasteiger partial charge in [-0.1, -0.05) is 26.0 Å². The molecule has 0 amide bonds. The van der Waals surface area contributed by atoms with Gasteiger partial charge in [0.05, 0.1) is 4.90 Å². The van der Waals surface area contributed by atoms with E-state index in [4.69, 9.17) is 4.42 Å². The van der Waals surface area contributed by atoms with Crippen molar-refractivity contribution < 1.29 is 12.8 Å². The van der Waals surface area contributed by atoms with E-state index in [2.05, 4.69) is 28.9 Å². The fraction of sp³-hybridized carbons (Fsp3) is 0.556. The average Bonchev–Trinajstić information content (AvgIpc) is 3.06. The first-order valence-corrected chi connectivity index (χ1v) is 10.4. The van der Waals surface area contributed by atoms with Crippen molar-refractivity contribution in [2.75, 3.05) is 32.7 Å². The fourth-order valence-corrected chi connectivity index (χ4v) is 4.48. The summed E-state index contributed by atoms with van der Waals surface area (Å²) in [5, 5.41) is 7.82. The van der Waals surface area contributed by atoms with E-state index in [0.29, 0.717) is 55.2 Å². The molecule has 1 aliphatic rings. The van der Waals surface area contributed by atoms with E-state index in [0.717, 1.165) is 12.1 Å². The van der Waals surface area contributed by atoms with Crippen LogP contribution < -0.4 is 0 Å². The quantitative estimate of drug-likeness (QED) is 0.765. The molecule has 1 aromatic heterocycles. The van der Waals surface area contributed by atoms with Crippen molar-refractivity contribution in [2.45, 2.75) is 38.0 Å². The number of rotatable bonds is 6. The highest BCUT2D eigenvalue weighted by Crippen LogP contribution is 2.21. The monoisotopic (exact) mass is 378 g/mol. The average molecular weight is 378 g/mol. The second kappa shape index (κ2) is 7.85. The maximum Gasteiger partial charge on any atom is 0.243 e. The largest absolute Gasteiger partial charge is 0.426 e. The van der Waals surface area contributed by atoms with Crippen LogP contribution in [0, 0.1) is 6.92 Å². The number of aromatic nitrogens is 2. The number of nitrogens with zero attached hydrogens (tertiary/aromatic N) is 4. The van der Waals surface area contributed by atoms with Gasteiger partial charge < -0.3 is 9.32 Å². The van der Waals surface area contributed by atoms with Crippen molar-refractivity contribution in [1.82, 2.24) is 19.4 Å². The maximum atomic E-state index is 12.8. The highest BCUT2D eigenvalue weighted by molar-refractivity contribution is 7.89. The lowest BCUT2D eigenvalue weighted by Gasteiger charge is -2.33. The summed E-state index contributed by atoms with van der Waals surface area (Å²) >= 11 is 0. The minimum Gasteiger partial charge on any atom is -0.426 e. The lowest BCUT2D eigenvalue weighted by atomic mass is 10.0. The first kappa shape index (κ1) is 19.0. The molecular weight excluding hydrogens is 352 g/mol. The van der Waals surface area contributed by atoms with Gasteiger partial charge in [-0.2, -0.15) is 4.31 Å². The third-order valence-electron chi connectivity index (χ3n) is 4.73. The van der Waals surface area contributed by atoms with E-state index < -0.39 is 10.0 Å². The van der Waals surface area contributed by atoms with Crippen molar-refractivity contribution in [3.63, 3.8) is 0 Å². The molecule has 0 bridgehead atoms. The predicted octanol–water partition coefficient (Wildman–Crippen LogP) is 2.05. The summed E-state index contributed by atoms with van der Waals surface area (Å²) in [6.45, 7) is 9.16. The Labute approximate surface area is 155 Å². The molecule has 7 nitrogen and oxygen atoms in total. The Morgan fingerprint density at radius 3 is 2.27 bits per heavy atom. The molecule has 0 unspecified atom stereocenters. The highest BCUT2D eigenvalue weighted by atomic mass is 32.2. The van der Waals surface area contributed by atoms with Gasteiger partial charge in [0.25, 0.3) is 0 Å². The standard InChI is InChI=1S/C18H26N4O3S/c1-14(2)16-4-6-17(7-5-16)26(23,24)22-12-10-21(11-13-22)9-8-18-20-19-15(3)25-18/h4-7,14H,8-13H2,1-3H3. The summed E-state index contributed by atoms with van der Waals surface area (Å²) in [6.07, 6.45) is 0.685. The molecule has 0 radical (unpaired) electrons. The van der Waals surface area contributed by atoms with Crippen LogP contribution in [0.15, 0.2) is 33.6 Å². The molecule has 1 fully saturated rings. The molecule has 0 N–H and O–H groups in total. The normalized spacial score (nSPS) is 17.1. The maximum absolute atomic E-state index is 12.8. The SMILES string of the molecule is Cc1nnc(CCN2CCN(S(=O)(=O)c3ccc(C(C)C)cc3)CC2)o1. The first-order valence-electron chi connectivity index (χ1n) is 8.97. The van der Waals surface area contributed by atoms with Crippen molar-refractivity contribution in [3.05, 3.63) is 41.6 Å². The Morgan fingerprint density at radius 2 is 1.73 bits per heavy atom. The van der Waals surface area contributed by atoms with E-state index >= 15 is 0 Å². The zero-order chi connectivity index (χ0) is 18.7. The van der Waals surface area contributed by atoms with Crippen molar-refractivity contribution >= 4 is 10.0 Å². The number of hydrogen-bond acceptors (Lipinski definition) is 6. The smallest absolute Gasteiger partial charge is 0.243 e. The Kier molecular flexibility index (Phi) is 5.74. The van der Waals surface area contributed by atoms with E-state index in [1.54, 1.807) is 23.4 Å². The van der Waals surface area contributed by atoms with Crippen LogP contribution in [0.5, 0.6) is 0 Å². The molecule has 26 heavy (non-hydrogen) atoms. The molecular formula is C18H26N4O3S. The van der Waals surface area contributed by atoms with Crippen LogP contribution in [0.1, 0.15) is 37.1 Å². The molecule has 2 heterocycles. The Hall–Kier alpha value is -1.77. The summed E-state index contributed by atoms with van der Waals surface area (Å²) in [5.74, 6) is 1.58. The molecule has 0 aliphatic carbocycles. The molecule has 2 aromatic rings. The summed E-state index contributed by atoms with van der Waals surface area (Å²) < 4.78 is 32.6. The minimum absolute atomic E-state index is 0.372. The van der Waals surface area contributed by atoms with Crippen molar-refractivity contribution in [2.24, 2.45) is 0 Å². The highest BCUT2D eigenvalue weighted by Gasteiger charge is 2.28. The van der Waals surface area contributed by atoms with Gasteiger partial charge in [-0.15, -0.1) is 10.2 Å². The lowest BCUT2D eigenvalue weighted by molar-refractivity contribution is 0.186. The number of hydrogen-bond donors (Lipinski definition) is 0. The van der Waals surface area contributed by atoms with Crippen molar-refractivity contribution in [1.29, 1.82) is 0 Å². The van der Waals surface area contributed by atoms with Gasteiger partial charge in [-0.05, 0) is 23.6 Å². The van der Waals surface area contributed by atoms with Gasteiger partial charge in [0, 0.05) is 46.1 Å². The van der Waals surface area contributed by atoms with Gasteiger partial charge >= 0.3 is 0 Å². The molecule has 0 saturated carbocycles. The van der Waals surface area contributed by atoms with Gasteiger partial charge in [0.1, 0.15) is 0 Å². The summed E-state index contributed by atoms with van der Waals surface area (Å²) in [4.78, 5) is 2.60. The van der Waals surface area contributed by atoms with E-state index in [1.807, 2.05) is 12.1 Å². The van der Waals surface area contributed by atoms with E-state index in [9.17, 15) is 8.42 Å². The number of benzene rings is 1. The molecule has 142 valence electrons. The van der Waals surface area contributed by atoms with Crippen LogP contribution in [-0.2, 0) is 16.4 Å². The zero-order valence-corrected chi connectivity index (χ0v) is 16.4. The van der Waals surface area contributed by atoms with Gasteiger partial charge in [-0.25, -0.2) is 8.42 Å². The number of sulfonamides is 1. The second-order valence-corrected chi connectivity index (χ2v) is 8.87. The number of piperazine rings is 1. The van der Waals surface area contributed by atoms with Crippen LogP contribution >= 0.6 is 0 Å². The molecule has 3 rings (SSSR count). The predicted molar refractivity (Wildman–Crippen MR) is 98.5 cm³/mol. The molecule has 8 heteroatoms. The first-order chi connectivity index (χ1) is 12.4. The van der Waals surface area contributed by atoms with Crippen LogP contribution in [0.25, 0.3) is 0 Å². The van der Waals surface area contributed by atoms with Gasteiger partial charge in [-0.3, -0.25) is 0 Å². The molecule has 1 saturated heterocycles. The van der Waals surface area contributed by atoms with Gasteiger partial charge in [0.15, 0.2) is 0 Å². The van der Waals surface area contributed by atoms with Crippen LogP contribution in [0.4, 0.5) is 0 Å². The number of aryl methyl sites for hydroxylation is 1. The molecule has 1 aliphatic heterocycles. The van der Waals surface area contributed by atoms with E-state index in [1.165, 1.54) is 0 Å². The Balaban J connectivity index is 1.56. The summed E-state index contributed by atoms with van der Waals surface area (Å²) in [6, 6.07) is 7.24. The third kappa shape index (κ3) is 4.31.